The normalized spacial score (nSPS) is 10.7. The lowest BCUT2D eigenvalue weighted by atomic mass is 10.2. The van der Waals surface area contributed by atoms with Gasteiger partial charge in [-0.3, -0.25) is 4.79 Å². The molecule has 0 bridgehead atoms. The maximum Gasteiger partial charge on any atom is 0.267 e. The Kier molecular flexibility index (Phi) is 5.53. The van der Waals surface area contributed by atoms with E-state index in [2.05, 4.69) is 10.6 Å². The number of nitrogens with one attached hydrogen (secondary N) is 2. The van der Waals surface area contributed by atoms with Gasteiger partial charge in [0.15, 0.2) is 0 Å². The SMILES string of the molecule is CN(C)c1ccc(N/C=C(/C#N)C(=O)Nc2ccc(F)cc2)cc1. The number of hydrogen-bond acceptors (Lipinski definition) is 4. The summed E-state index contributed by atoms with van der Waals surface area (Å²) >= 11 is 0. The largest absolute Gasteiger partial charge is 0.378 e. The van der Waals surface area contributed by atoms with Gasteiger partial charge in [0, 0.05) is 37.4 Å². The molecule has 5 nitrogen and oxygen atoms in total. The molecule has 0 fully saturated rings. The summed E-state index contributed by atoms with van der Waals surface area (Å²) < 4.78 is 12.8. The van der Waals surface area contributed by atoms with Crippen LogP contribution >= 0.6 is 0 Å². The molecule has 0 saturated heterocycles. The van der Waals surface area contributed by atoms with Crippen LogP contribution in [0.15, 0.2) is 60.3 Å². The van der Waals surface area contributed by atoms with Gasteiger partial charge < -0.3 is 15.5 Å². The van der Waals surface area contributed by atoms with Crippen molar-refractivity contribution in [2.45, 2.75) is 0 Å². The van der Waals surface area contributed by atoms with Crippen LogP contribution in [0.1, 0.15) is 0 Å². The zero-order valence-electron chi connectivity index (χ0n) is 13.4. The third-order valence-corrected chi connectivity index (χ3v) is 3.23. The molecule has 122 valence electrons. The van der Waals surface area contributed by atoms with E-state index in [-0.39, 0.29) is 5.57 Å². The van der Waals surface area contributed by atoms with Crippen LogP contribution in [-0.2, 0) is 4.79 Å². The third kappa shape index (κ3) is 4.58. The maximum atomic E-state index is 12.8. The molecule has 0 spiro atoms. The Labute approximate surface area is 140 Å². The van der Waals surface area contributed by atoms with Crippen molar-refractivity contribution >= 4 is 23.0 Å². The highest BCUT2D eigenvalue weighted by Crippen LogP contribution is 2.16. The van der Waals surface area contributed by atoms with Crippen molar-refractivity contribution < 1.29 is 9.18 Å². The van der Waals surface area contributed by atoms with E-state index in [9.17, 15) is 9.18 Å². The van der Waals surface area contributed by atoms with E-state index in [1.807, 2.05) is 49.3 Å². The van der Waals surface area contributed by atoms with Crippen molar-refractivity contribution in [3.63, 3.8) is 0 Å². The fourth-order valence-corrected chi connectivity index (χ4v) is 1.89. The summed E-state index contributed by atoms with van der Waals surface area (Å²) in [5.41, 5.74) is 2.12. The number of halogens is 1. The van der Waals surface area contributed by atoms with E-state index in [1.165, 1.54) is 30.5 Å². The lowest BCUT2D eigenvalue weighted by molar-refractivity contribution is -0.112. The Bertz CT molecular complexity index is 774. The molecule has 2 N–H and O–H groups in total. The second-order valence-electron chi connectivity index (χ2n) is 5.22. The summed E-state index contributed by atoms with van der Waals surface area (Å²) in [5, 5.41) is 14.6. The first-order chi connectivity index (χ1) is 11.5. The number of hydrogen-bond donors (Lipinski definition) is 2. The van der Waals surface area contributed by atoms with Gasteiger partial charge in [0.05, 0.1) is 0 Å². The lowest BCUT2D eigenvalue weighted by Gasteiger charge is -2.12. The standard InChI is InChI=1S/C18H17FN4O/c1-23(2)17-9-7-15(8-10-17)21-12-13(11-20)18(24)22-16-5-3-14(19)4-6-16/h3-10,12,21H,1-2H3,(H,22,24)/b13-12-. The maximum absolute atomic E-state index is 12.8. The van der Waals surface area contributed by atoms with Crippen molar-refractivity contribution in [3.8, 4) is 6.07 Å². The van der Waals surface area contributed by atoms with Gasteiger partial charge in [0.25, 0.3) is 5.91 Å². The summed E-state index contributed by atoms with van der Waals surface area (Å²) in [6, 6.07) is 14.7. The summed E-state index contributed by atoms with van der Waals surface area (Å²) in [6.07, 6.45) is 1.34. The van der Waals surface area contributed by atoms with Gasteiger partial charge in [-0.2, -0.15) is 5.26 Å². The van der Waals surface area contributed by atoms with Gasteiger partial charge in [-0.25, -0.2) is 4.39 Å². The number of carbonyl (C=O) groups excluding carboxylic acids is 1. The topological polar surface area (TPSA) is 68.2 Å². The quantitative estimate of drug-likeness (QED) is 0.654. The second kappa shape index (κ2) is 7.79. The molecule has 0 aromatic heterocycles. The first-order valence-corrected chi connectivity index (χ1v) is 7.20. The number of nitriles is 1. The molecular weight excluding hydrogens is 307 g/mol. The Balaban J connectivity index is 2.04. The minimum atomic E-state index is -0.568. The molecule has 2 rings (SSSR count). The van der Waals surface area contributed by atoms with Crippen LogP contribution in [0.5, 0.6) is 0 Å². The van der Waals surface area contributed by atoms with E-state index >= 15 is 0 Å². The zero-order valence-corrected chi connectivity index (χ0v) is 13.4. The molecule has 1 amide bonds. The smallest absolute Gasteiger partial charge is 0.267 e. The molecule has 24 heavy (non-hydrogen) atoms. The summed E-state index contributed by atoms with van der Waals surface area (Å²) in [6.45, 7) is 0. The molecule has 2 aromatic carbocycles. The Hall–Kier alpha value is -3.33. The fourth-order valence-electron chi connectivity index (χ4n) is 1.89. The van der Waals surface area contributed by atoms with Gasteiger partial charge in [-0.05, 0) is 48.5 Å². The first-order valence-electron chi connectivity index (χ1n) is 7.20. The zero-order chi connectivity index (χ0) is 17.5. The Morgan fingerprint density at radius 1 is 1.08 bits per heavy atom. The number of nitrogens with zero attached hydrogens (tertiary/aromatic N) is 2. The fraction of sp³-hybridized carbons (Fsp3) is 0.111. The van der Waals surface area contributed by atoms with E-state index in [0.29, 0.717) is 5.69 Å². The van der Waals surface area contributed by atoms with Gasteiger partial charge in [0.2, 0.25) is 0 Å². The van der Waals surface area contributed by atoms with Crippen LogP contribution in [0.4, 0.5) is 21.5 Å². The van der Waals surface area contributed by atoms with E-state index in [0.717, 1.165) is 11.4 Å². The molecule has 0 aliphatic rings. The molecule has 0 unspecified atom stereocenters. The van der Waals surface area contributed by atoms with Crippen LogP contribution in [0.25, 0.3) is 0 Å². The van der Waals surface area contributed by atoms with Crippen LogP contribution in [0.3, 0.4) is 0 Å². The van der Waals surface area contributed by atoms with E-state index in [4.69, 9.17) is 5.26 Å². The highest BCUT2D eigenvalue weighted by Gasteiger charge is 2.09. The van der Waals surface area contributed by atoms with E-state index < -0.39 is 11.7 Å². The molecule has 0 atom stereocenters. The first kappa shape index (κ1) is 17.0. The van der Waals surface area contributed by atoms with Crippen molar-refractivity contribution in [1.29, 1.82) is 5.26 Å². The second-order valence-corrected chi connectivity index (χ2v) is 5.22. The van der Waals surface area contributed by atoms with Gasteiger partial charge in [0.1, 0.15) is 17.5 Å². The van der Waals surface area contributed by atoms with Crippen LogP contribution in [0.2, 0.25) is 0 Å². The monoisotopic (exact) mass is 324 g/mol. The molecule has 0 saturated carbocycles. The van der Waals surface area contributed by atoms with Gasteiger partial charge in [-0.1, -0.05) is 0 Å². The molecule has 0 heterocycles. The highest BCUT2D eigenvalue weighted by atomic mass is 19.1. The number of carbonyl (C=O) groups is 1. The predicted molar refractivity (Wildman–Crippen MR) is 93.1 cm³/mol. The van der Waals surface area contributed by atoms with Crippen molar-refractivity contribution in [3.05, 3.63) is 66.1 Å². The molecule has 6 heteroatoms. The molecule has 0 radical (unpaired) electrons. The van der Waals surface area contributed by atoms with E-state index in [1.54, 1.807) is 0 Å². The molecular formula is C18H17FN4O. The third-order valence-electron chi connectivity index (χ3n) is 3.23. The van der Waals surface area contributed by atoms with Crippen molar-refractivity contribution in [2.24, 2.45) is 0 Å². The Morgan fingerprint density at radius 3 is 2.21 bits per heavy atom. The van der Waals surface area contributed by atoms with Crippen molar-refractivity contribution in [2.75, 3.05) is 29.6 Å². The summed E-state index contributed by atoms with van der Waals surface area (Å²) in [5.74, 6) is -0.964. The average molecular weight is 324 g/mol. The molecule has 0 aliphatic carbocycles. The summed E-state index contributed by atoms with van der Waals surface area (Å²) in [7, 11) is 3.88. The minimum Gasteiger partial charge on any atom is -0.378 e. The number of rotatable bonds is 5. The van der Waals surface area contributed by atoms with Crippen molar-refractivity contribution in [1.82, 2.24) is 0 Å². The average Bonchev–Trinajstić information content (AvgIpc) is 2.58. The van der Waals surface area contributed by atoms with Crippen LogP contribution in [0, 0.1) is 17.1 Å². The lowest BCUT2D eigenvalue weighted by Crippen LogP contribution is -2.14. The van der Waals surface area contributed by atoms with Gasteiger partial charge in [-0.15, -0.1) is 0 Å². The number of benzene rings is 2. The summed E-state index contributed by atoms with van der Waals surface area (Å²) in [4.78, 5) is 14.0. The van der Waals surface area contributed by atoms with Gasteiger partial charge >= 0.3 is 0 Å². The van der Waals surface area contributed by atoms with Crippen LogP contribution in [-0.4, -0.2) is 20.0 Å². The van der Waals surface area contributed by atoms with Crippen LogP contribution < -0.4 is 15.5 Å². The molecule has 2 aromatic rings. The Morgan fingerprint density at radius 2 is 1.67 bits per heavy atom. The predicted octanol–water partition coefficient (Wildman–Crippen LogP) is 3.35. The molecule has 0 aliphatic heterocycles. The minimum absolute atomic E-state index is 0.0870. The number of amides is 1. The highest BCUT2D eigenvalue weighted by molar-refractivity contribution is 6.06. The number of anilines is 3.